The standard InChI is InChI=1S/C11H20N2O/c1-4-13(8-9(2)3)10(14)11(12)6-5-7-11/h2,4-8,12H2,1,3H3. The van der Waals surface area contributed by atoms with E-state index in [9.17, 15) is 4.79 Å². The Kier molecular flexibility index (Phi) is 3.32. The lowest BCUT2D eigenvalue weighted by atomic mass is 9.76. The topological polar surface area (TPSA) is 46.3 Å². The molecule has 2 N–H and O–H groups in total. The fraction of sp³-hybridized carbons (Fsp3) is 0.727. The van der Waals surface area contributed by atoms with E-state index in [0.717, 1.165) is 24.8 Å². The van der Waals surface area contributed by atoms with Crippen molar-refractivity contribution in [3.8, 4) is 0 Å². The van der Waals surface area contributed by atoms with Gasteiger partial charge in [0.1, 0.15) is 0 Å². The summed E-state index contributed by atoms with van der Waals surface area (Å²) in [7, 11) is 0. The lowest BCUT2D eigenvalue weighted by Gasteiger charge is -2.40. The van der Waals surface area contributed by atoms with Gasteiger partial charge < -0.3 is 10.6 Å². The minimum absolute atomic E-state index is 0.0919. The molecule has 0 spiro atoms. The Morgan fingerprint density at radius 2 is 2.14 bits per heavy atom. The zero-order valence-corrected chi connectivity index (χ0v) is 9.18. The number of hydrogen-bond acceptors (Lipinski definition) is 2. The summed E-state index contributed by atoms with van der Waals surface area (Å²) in [5.41, 5.74) is 6.42. The van der Waals surface area contributed by atoms with Crippen molar-refractivity contribution >= 4 is 5.91 Å². The number of hydrogen-bond donors (Lipinski definition) is 1. The SMILES string of the molecule is C=C(C)CN(CC)C(=O)C1(N)CCC1. The van der Waals surface area contributed by atoms with E-state index in [-0.39, 0.29) is 5.91 Å². The molecule has 1 aliphatic rings. The maximum atomic E-state index is 12.0. The second-order valence-corrected chi connectivity index (χ2v) is 4.29. The molecule has 0 atom stereocenters. The zero-order chi connectivity index (χ0) is 10.8. The Balaban J connectivity index is 2.60. The second-order valence-electron chi connectivity index (χ2n) is 4.29. The van der Waals surface area contributed by atoms with Crippen LogP contribution in [-0.4, -0.2) is 29.4 Å². The number of carbonyl (C=O) groups excluding carboxylic acids is 1. The maximum absolute atomic E-state index is 12.0. The Labute approximate surface area is 86.0 Å². The third-order valence-electron chi connectivity index (χ3n) is 2.80. The molecule has 1 fully saturated rings. The summed E-state index contributed by atoms with van der Waals surface area (Å²) in [6, 6.07) is 0. The highest BCUT2D eigenvalue weighted by atomic mass is 16.2. The summed E-state index contributed by atoms with van der Waals surface area (Å²) >= 11 is 0. The highest BCUT2D eigenvalue weighted by Gasteiger charge is 2.42. The second kappa shape index (κ2) is 4.13. The first-order valence-electron chi connectivity index (χ1n) is 5.22. The minimum atomic E-state index is -0.564. The number of likely N-dealkylation sites (N-methyl/N-ethyl adjacent to an activating group) is 1. The number of rotatable bonds is 4. The van der Waals surface area contributed by atoms with Crippen LogP contribution < -0.4 is 5.73 Å². The molecule has 1 saturated carbocycles. The summed E-state index contributed by atoms with van der Waals surface area (Å²) in [4.78, 5) is 13.8. The Bertz CT molecular complexity index is 244. The van der Waals surface area contributed by atoms with Gasteiger partial charge in [-0.25, -0.2) is 0 Å². The van der Waals surface area contributed by atoms with Crippen LogP contribution in [0.3, 0.4) is 0 Å². The summed E-state index contributed by atoms with van der Waals surface area (Å²) in [6.45, 7) is 9.07. The molecule has 14 heavy (non-hydrogen) atoms. The molecule has 3 nitrogen and oxygen atoms in total. The molecule has 0 saturated heterocycles. The number of carbonyl (C=O) groups is 1. The third kappa shape index (κ3) is 2.15. The first kappa shape index (κ1) is 11.2. The van der Waals surface area contributed by atoms with Gasteiger partial charge in [-0.15, -0.1) is 0 Å². The van der Waals surface area contributed by atoms with Crippen molar-refractivity contribution in [1.82, 2.24) is 4.90 Å². The van der Waals surface area contributed by atoms with Crippen LogP contribution in [-0.2, 0) is 4.79 Å². The highest BCUT2D eigenvalue weighted by Crippen LogP contribution is 2.30. The van der Waals surface area contributed by atoms with Crippen molar-refractivity contribution in [2.75, 3.05) is 13.1 Å². The van der Waals surface area contributed by atoms with Crippen molar-refractivity contribution in [2.24, 2.45) is 5.73 Å². The molecule has 1 amide bonds. The van der Waals surface area contributed by atoms with Crippen molar-refractivity contribution < 1.29 is 4.79 Å². The monoisotopic (exact) mass is 196 g/mol. The predicted molar refractivity (Wildman–Crippen MR) is 57.8 cm³/mol. The molecule has 1 rings (SSSR count). The molecule has 0 aromatic carbocycles. The summed E-state index contributed by atoms with van der Waals surface area (Å²) in [6.07, 6.45) is 2.74. The Morgan fingerprint density at radius 3 is 2.43 bits per heavy atom. The van der Waals surface area contributed by atoms with Gasteiger partial charge in [-0.2, -0.15) is 0 Å². The molecule has 0 unspecified atom stereocenters. The van der Waals surface area contributed by atoms with Gasteiger partial charge in [-0.05, 0) is 33.1 Å². The molecule has 80 valence electrons. The first-order chi connectivity index (χ1) is 6.49. The maximum Gasteiger partial charge on any atom is 0.242 e. The molecular formula is C11H20N2O. The van der Waals surface area contributed by atoms with Crippen molar-refractivity contribution in [1.29, 1.82) is 0 Å². The smallest absolute Gasteiger partial charge is 0.242 e. The van der Waals surface area contributed by atoms with E-state index in [4.69, 9.17) is 5.73 Å². The van der Waals surface area contributed by atoms with Crippen LogP contribution >= 0.6 is 0 Å². The van der Waals surface area contributed by atoms with E-state index < -0.39 is 5.54 Å². The van der Waals surface area contributed by atoms with Gasteiger partial charge in [0.05, 0.1) is 5.54 Å². The van der Waals surface area contributed by atoms with E-state index in [1.54, 1.807) is 4.90 Å². The van der Waals surface area contributed by atoms with E-state index in [2.05, 4.69) is 6.58 Å². The molecule has 0 aromatic heterocycles. The average Bonchev–Trinajstić information content (AvgIpc) is 2.08. The fourth-order valence-electron chi connectivity index (χ4n) is 1.74. The van der Waals surface area contributed by atoms with Gasteiger partial charge in [0.25, 0.3) is 0 Å². The molecule has 0 bridgehead atoms. The lowest BCUT2D eigenvalue weighted by Crippen LogP contribution is -2.59. The quantitative estimate of drug-likeness (QED) is 0.689. The molecule has 0 aliphatic heterocycles. The largest absolute Gasteiger partial charge is 0.337 e. The number of nitrogens with two attached hydrogens (primary N) is 1. The normalized spacial score (nSPS) is 18.5. The minimum Gasteiger partial charge on any atom is -0.337 e. The molecule has 3 heteroatoms. The number of amides is 1. The van der Waals surface area contributed by atoms with Gasteiger partial charge in [-0.1, -0.05) is 12.2 Å². The molecule has 0 radical (unpaired) electrons. The summed E-state index contributed by atoms with van der Waals surface area (Å²) < 4.78 is 0. The fourth-order valence-corrected chi connectivity index (χ4v) is 1.74. The lowest BCUT2D eigenvalue weighted by molar-refractivity contribution is -0.139. The van der Waals surface area contributed by atoms with Crippen LogP contribution in [0.2, 0.25) is 0 Å². The van der Waals surface area contributed by atoms with Gasteiger partial charge in [0, 0.05) is 13.1 Å². The van der Waals surface area contributed by atoms with Crippen LogP contribution in [0.25, 0.3) is 0 Å². The zero-order valence-electron chi connectivity index (χ0n) is 9.18. The van der Waals surface area contributed by atoms with Crippen molar-refractivity contribution in [3.05, 3.63) is 12.2 Å². The number of nitrogens with zero attached hydrogens (tertiary/aromatic N) is 1. The van der Waals surface area contributed by atoms with Gasteiger partial charge in [0.15, 0.2) is 0 Å². The van der Waals surface area contributed by atoms with Crippen molar-refractivity contribution in [2.45, 2.75) is 38.6 Å². The van der Waals surface area contributed by atoms with E-state index >= 15 is 0 Å². The Morgan fingerprint density at radius 1 is 1.57 bits per heavy atom. The summed E-state index contributed by atoms with van der Waals surface area (Å²) in [5, 5.41) is 0. The molecular weight excluding hydrogens is 176 g/mol. The first-order valence-corrected chi connectivity index (χ1v) is 5.22. The molecule has 1 aliphatic carbocycles. The van der Waals surface area contributed by atoms with Gasteiger partial charge in [0.2, 0.25) is 5.91 Å². The molecule has 0 heterocycles. The van der Waals surface area contributed by atoms with Crippen LogP contribution in [0, 0.1) is 0 Å². The van der Waals surface area contributed by atoms with Crippen LogP contribution in [0.5, 0.6) is 0 Å². The van der Waals surface area contributed by atoms with Gasteiger partial charge in [-0.3, -0.25) is 4.79 Å². The van der Waals surface area contributed by atoms with Gasteiger partial charge >= 0.3 is 0 Å². The van der Waals surface area contributed by atoms with E-state index in [1.807, 2.05) is 13.8 Å². The van der Waals surface area contributed by atoms with Crippen LogP contribution in [0.1, 0.15) is 33.1 Å². The van der Waals surface area contributed by atoms with Crippen LogP contribution in [0.4, 0.5) is 0 Å². The highest BCUT2D eigenvalue weighted by molar-refractivity contribution is 5.87. The predicted octanol–water partition coefficient (Wildman–Crippen LogP) is 1.29. The van der Waals surface area contributed by atoms with Crippen molar-refractivity contribution in [3.63, 3.8) is 0 Å². The molecule has 0 aromatic rings. The average molecular weight is 196 g/mol. The third-order valence-corrected chi connectivity index (χ3v) is 2.80. The Hall–Kier alpha value is -0.830. The van der Waals surface area contributed by atoms with E-state index in [1.165, 1.54) is 0 Å². The summed E-state index contributed by atoms with van der Waals surface area (Å²) in [5.74, 6) is 0.0919. The van der Waals surface area contributed by atoms with Crippen LogP contribution in [0.15, 0.2) is 12.2 Å². The van der Waals surface area contributed by atoms with E-state index in [0.29, 0.717) is 13.1 Å².